The van der Waals surface area contributed by atoms with Crippen LogP contribution in [0, 0.1) is 10.5 Å². The first-order valence-corrected chi connectivity index (χ1v) is 28.7. The Morgan fingerprint density at radius 3 is 1.04 bits per heavy atom. The van der Waals surface area contributed by atoms with E-state index in [4.69, 9.17) is 17.3 Å². The molecule has 0 aliphatic carbocycles. The number of nitrogens with zero attached hydrogens (tertiary/aromatic N) is 8. The first-order chi connectivity index (χ1) is 42.2. The first kappa shape index (κ1) is 62.5. The SMILES string of the molecule is CN1Cc2cccc(N)c2C1=O.CN1Cc2cccc(Nc3cc(Nc4cccc5c4C(=O)N(C)C5)c(C(F)(F)F)cn3)c2C1=O.CN1Cc2cccc(Nc3cc(Nc4cccc5c4C(=O)N(C)C5)c(C(F)(F)F)cn3)c2C1=O.Cc1cnc(Cl)cc1I. The van der Waals surface area contributed by atoms with Crippen LogP contribution >= 0.6 is 34.2 Å². The summed E-state index contributed by atoms with van der Waals surface area (Å²) in [6.45, 7) is 4.38. The molecule has 8 heterocycles. The zero-order valence-electron chi connectivity index (χ0n) is 48.4. The molecule has 0 bridgehead atoms. The molecule has 5 aliphatic heterocycles. The zero-order valence-corrected chi connectivity index (χ0v) is 51.3. The second kappa shape index (κ2) is 24.9. The summed E-state index contributed by atoms with van der Waals surface area (Å²) >= 11 is 7.83. The van der Waals surface area contributed by atoms with Gasteiger partial charge >= 0.3 is 12.4 Å². The molecule has 3 aromatic heterocycles. The number of fused-ring (bicyclic) bond motifs is 5. The fourth-order valence-corrected chi connectivity index (χ4v) is 11.5. The van der Waals surface area contributed by atoms with E-state index in [1.54, 1.807) is 123 Å². The van der Waals surface area contributed by atoms with Gasteiger partial charge in [-0.2, -0.15) is 26.3 Å². The largest absolute Gasteiger partial charge is 0.419 e. The number of carbonyl (C=O) groups is 5. The van der Waals surface area contributed by atoms with Gasteiger partial charge in [0.15, 0.2) is 0 Å². The van der Waals surface area contributed by atoms with Crippen LogP contribution in [-0.2, 0) is 45.1 Å². The highest BCUT2D eigenvalue weighted by Gasteiger charge is 2.38. The van der Waals surface area contributed by atoms with E-state index in [1.807, 2.05) is 37.3 Å². The minimum atomic E-state index is -4.67. The maximum atomic E-state index is 13.8. The summed E-state index contributed by atoms with van der Waals surface area (Å²) in [5.74, 6) is -0.590. The van der Waals surface area contributed by atoms with Crippen molar-refractivity contribution in [3.63, 3.8) is 0 Å². The maximum absolute atomic E-state index is 13.8. The molecule has 0 radical (unpaired) electrons. The normalized spacial score (nSPS) is 14.4. The Hall–Kier alpha value is -9.50. The van der Waals surface area contributed by atoms with Gasteiger partial charge in [0.2, 0.25) is 0 Å². The molecule has 26 heteroatoms. The monoisotopic (exact) mass is 1350 g/mol. The van der Waals surface area contributed by atoms with Gasteiger partial charge in [0.1, 0.15) is 16.8 Å². The van der Waals surface area contributed by atoms with Crippen molar-refractivity contribution in [2.24, 2.45) is 0 Å². The molecule has 0 fully saturated rings. The number of amides is 5. The van der Waals surface area contributed by atoms with Gasteiger partial charge in [-0.3, -0.25) is 24.0 Å². The van der Waals surface area contributed by atoms with Gasteiger partial charge in [-0.25, -0.2) is 15.0 Å². The molecule has 89 heavy (non-hydrogen) atoms. The van der Waals surface area contributed by atoms with Gasteiger partial charge in [-0.1, -0.05) is 72.3 Å². The van der Waals surface area contributed by atoms with Crippen molar-refractivity contribution in [3.05, 3.63) is 209 Å². The quantitative estimate of drug-likeness (QED) is 0.0415. The Kier molecular flexibility index (Phi) is 17.5. The van der Waals surface area contributed by atoms with Crippen LogP contribution in [0.5, 0.6) is 0 Å². The molecule has 0 spiro atoms. The van der Waals surface area contributed by atoms with Crippen LogP contribution in [-0.4, -0.2) is 104 Å². The van der Waals surface area contributed by atoms with Crippen molar-refractivity contribution < 1.29 is 50.3 Å². The lowest BCUT2D eigenvalue weighted by Crippen LogP contribution is -2.18. The molecule has 458 valence electrons. The molecule has 5 aliphatic rings. The summed E-state index contributed by atoms with van der Waals surface area (Å²) in [5.41, 5.74) is 12.9. The van der Waals surface area contributed by atoms with E-state index in [0.717, 1.165) is 43.8 Å². The third-order valence-corrected chi connectivity index (χ3v) is 16.5. The molecular weight excluding hydrogens is 1300 g/mol. The number of aromatic nitrogens is 3. The number of carbonyl (C=O) groups excluding carboxylic acids is 5. The van der Waals surface area contributed by atoms with Crippen molar-refractivity contribution in [1.29, 1.82) is 0 Å². The van der Waals surface area contributed by atoms with E-state index in [-0.39, 0.29) is 63.9 Å². The molecule has 13 rings (SSSR count). The maximum Gasteiger partial charge on any atom is 0.419 e. The van der Waals surface area contributed by atoms with Gasteiger partial charge in [0, 0.05) is 108 Å². The molecule has 0 saturated carbocycles. The van der Waals surface area contributed by atoms with Crippen LogP contribution in [0.1, 0.15) is 96.3 Å². The minimum absolute atomic E-state index is 0.0306. The van der Waals surface area contributed by atoms with Crippen LogP contribution in [0.25, 0.3) is 0 Å². The first-order valence-electron chi connectivity index (χ1n) is 27.3. The molecule has 6 N–H and O–H groups in total. The Morgan fingerprint density at radius 2 is 0.742 bits per heavy atom. The third-order valence-electron chi connectivity index (χ3n) is 15.1. The fraction of sp³-hybridized carbons (Fsp3) is 0.206. The molecule has 8 aromatic rings. The van der Waals surface area contributed by atoms with E-state index in [0.29, 0.717) is 82.8 Å². The molecule has 0 saturated heterocycles. The summed E-state index contributed by atoms with van der Waals surface area (Å²) in [7, 11) is 8.42. The van der Waals surface area contributed by atoms with Crippen molar-refractivity contribution in [1.82, 2.24) is 39.5 Å². The van der Waals surface area contributed by atoms with Crippen molar-refractivity contribution in [3.8, 4) is 0 Å². The zero-order chi connectivity index (χ0) is 64.0. The Balaban J connectivity index is 0.000000148. The van der Waals surface area contributed by atoms with E-state index >= 15 is 0 Å². The van der Waals surface area contributed by atoms with Gasteiger partial charge < -0.3 is 51.5 Å². The molecule has 5 aromatic carbocycles. The predicted molar refractivity (Wildman–Crippen MR) is 334 cm³/mol. The Morgan fingerprint density at radius 1 is 0.438 bits per heavy atom. The summed E-state index contributed by atoms with van der Waals surface area (Å²) in [5, 5.41) is 12.1. The number of aryl methyl sites for hydroxylation is 1. The minimum Gasteiger partial charge on any atom is -0.398 e. The lowest BCUT2D eigenvalue weighted by atomic mass is 10.1. The highest BCUT2D eigenvalue weighted by molar-refractivity contribution is 14.1. The van der Waals surface area contributed by atoms with Crippen LogP contribution in [0.3, 0.4) is 0 Å². The van der Waals surface area contributed by atoms with Gasteiger partial charge in [0.25, 0.3) is 29.5 Å². The van der Waals surface area contributed by atoms with Crippen molar-refractivity contribution in [2.75, 3.05) is 62.2 Å². The lowest BCUT2D eigenvalue weighted by Gasteiger charge is -2.18. The lowest BCUT2D eigenvalue weighted by molar-refractivity contribution is -0.138. The molecule has 18 nitrogen and oxygen atoms in total. The number of halogens is 8. The molecule has 0 atom stereocenters. The van der Waals surface area contributed by atoms with Gasteiger partial charge in [-0.05, 0) is 99.3 Å². The number of anilines is 9. The van der Waals surface area contributed by atoms with Gasteiger partial charge in [0.05, 0.1) is 73.1 Å². The summed E-state index contributed by atoms with van der Waals surface area (Å²) in [4.78, 5) is 81.2. The summed E-state index contributed by atoms with van der Waals surface area (Å²) < 4.78 is 83.8. The van der Waals surface area contributed by atoms with E-state index < -0.39 is 23.5 Å². The highest BCUT2D eigenvalue weighted by atomic mass is 127. The summed E-state index contributed by atoms with van der Waals surface area (Å²) in [6, 6.07) is 30.5. The van der Waals surface area contributed by atoms with Crippen LogP contribution in [0.2, 0.25) is 5.15 Å². The second-order valence-corrected chi connectivity index (χ2v) is 23.1. The fourth-order valence-electron chi connectivity index (χ4n) is 10.7. The second-order valence-electron chi connectivity index (χ2n) is 21.5. The van der Waals surface area contributed by atoms with E-state index in [1.165, 1.54) is 27.5 Å². The smallest absolute Gasteiger partial charge is 0.398 e. The topological polar surface area (TPSA) is 214 Å². The predicted octanol–water partition coefficient (Wildman–Crippen LogP) is 13.0. The highest BCUT2D eigenvalue weighted by Crippen LogP contribution is 2.42. The average molecular weight is 1350 g/mol. The number of pyridine rings is 3. The average Bonchev–Trinajstić information content (AvgIpc) is 2.27. The number of hydrogen-bond donors (Lipinski definition) is 5. The standard InChI is InChI=1S/2C24H20F3N5O2.C9H10N2O.C6H5ClIN/c2*1-31-11-13-5-3-7-16(20(13)22(31)33)29-18-9-19(28-10-15(18)24(25,26)27)30-17-8-4-6-14-12-32(2)23(34)21(14)17;1-11-5-6-3-2-4-7(10)8(6)9(11)12;1-4-3-9-6(7)2-5(4)8/h2*3-10H,11-12H2,1-2H3,(H2,28,29,30);2-4H,5,10H2,1H3;2-3H,1H3. The van der Waals surface area contributed by atoms with Crippen LogP contribution in [0.4, 0.5) is 77.8 Å². The number of hydrogen-bond acceptors (Lipinski definition) is 13. The van der Waals surface area contributed by atoms with E-state index in [2.05, 4.69) is 58.8 Å². The van der Waals surface area contributed by atoms with Crippen LogP contribution < -0.4 is 27.0 Å². The summed E-state index contributed by atoms with van der Waals surface area (Å²) in [6.07, 6.45) is -6.10. The van der Waals surface area contributed by atoms with Crippen molar-refractivity contribution >= 4 is 115 Å². The van der Waals surface area contributed by atoms with Gasteiger partial charge in [-0.15, -0.1) is 0 Å². The van der Waals surface area contributed by atoms with Crippen LogP contribution in [0.15, 0.2) is 128 Å². The molecular formula is C63H55ClF6IN13O5. The molecule has 5 amide bonds. The number of nitrogens with two attached hydrogens (primary N) is 1. The number of rotatable bonds is 8. The number of benzene rings is 5. The van der Waals surface area contributed by atoms with Crippen molar-refractivity contribution in [2.45, 2.75) is 52.0 Å². The van der Waals surface area contributed by atoms with E-state index in [9.17, 15) is 50.3 Å². The Bertz CT molecular complexity index is 3990. The Labute approximate surface area is 525 Å². The molecule has 0 unspecified atom stereocenters. The third kappa shape index (κ3) is 13.1. The number of nitrogen functional groups attached to an aromatic ring is 1. The number of alkyl halides is 6. The number of nitrogens with one attached hydrogen (secondary N) is 4.